The number of rotatable bonds is 4. The van der Waals surface area contributed by atoms with Crippen molar-refractivity contribution < 1.29 is 14.2 Å². The average molecular weight is 335 g/mol. The van der Waals surface area contributed by atoms with Crippen molar-refractivity contribution in [1.82, 2.24) is 0 Å². The Hall–Kier alpha value is -1.56. The highest BCUT2D eigenvalue weighted by Crippen LogP contribution is 2.62. The highest BCUT2D eigenvalue weighted by atomic mass is 35.5. The van der Waals surface area contributed by atoms with Gasteiger partial charge in [0.2, 0.25) is 0 Å². The van der Waals surface area contributed by atoms with Gasteiger partial charge in [-0.3, -0.25) is 4.57 Å². The summed E-state index contributed by atoms with van der Waals surface area (Å²) in [6.45, 7) is 0. The van der Waals surface area contributed by atoms with E-state index in [4.69, 9.17) is 16.1 Å². The fourth-order valence-electron chi connectivity index (χ4n) is 1.98. The van der Waals surface area contributed by atoms with E-state index in [0.29, 0.717) is 11.1 Å². The molecule has 114 valence electrons. The van der Waals surface area contributed by atoms with E-state index >= 15 is 0 Å². The second kappa shape index (κ2) is 7.13. The van der Waals surface area contributed by atoms with Gasteiger partial charge in [-0.15, -0.1) is 11.6 Å². The maximum atomic E-state index is 13.1. The SMILES string of the molecule is CO[P@@](=O)(C#Cc1ccccc1)[C@@](O)(CCl)c1ccccc1. The van der Waals surface area contributed by atoms with E-state index in [1.165, 1.54) is 7.11 Å². The Kier molecular flexibility index (Phi) is 5.45. The predicted octanol–water partition coefficient (Wildman–Crippen LogP) is 4.00. The highest BCUT2D eigenvalue weighted by molar-refractivity contribution is 7.65. The number of benzene rings is 2. The molecule has 0 aliphatic carbocycles. The minimum atomic E-state index is -3.75. The number of halogens is 1. The third-order valence-electron chi connectivity index (χ3n) is 3.29. The van der Waals surface area contributed by atoms with Crippen LogP contribution in [0.4, 0.5) is 0 Å². The van der Waals surface area contributed by atoms with Crippen LogP contribution in [0.3, 0.4) is 0 Å². The smallest absolute Gasteiger partial charge is 0.310 e. The highest BCUT2D eigenvalue weighted by Gasteiger charge is 2.47. The van der Waals surface area contributed by atoms with Crippen molar-refractivity contribution in [3.63, 3.8) is 0 Å². The summed E-state index contributed by atoms with van der Waals surface area (Å²) in [7, 11) is -2.48. The lowest BCUT2D eigenvalue weighted by molar-refractivity contribution is 0.130. The van der Waals surface area contributed by atoms with Crippen molar-refractivity contribution in [3.05, 3.63) is 71.8 Å². The summed E-state index contributed by atoms with van der Waals surface area (Å²) in [6, 6.07) is 17.7. The van der Waals surface area contributed by atoms with Crippen molar-refractivity contribution in [2.75, 3.05) is 13.0 Å². The molecule has 0 radical (unpaired) electrons. The summed E-state index contributed by atoms with van der Waals surface area (Å²) in [5.74, 6) is 2.50. The molecule has 0 unspecified atom stereocenters. The Bertz CT molecular complexity index is 722. The molecule has 2 atom stereocenters. The molecule has 0 spiro atoms. The van der Waals surface area contributed by atoms with E-state index in [1.807, 2.05) is 18.2 Å². The molecule has 0 heterocycles. The quantitative estimate of drug-likeness (QED) is 0.522. The van der Waals surface area contributed by atoms with Gasteiger partial charge in [-0.1, -0.05) is 54.5 Å². The summed E-state index contributed by atoms with van der Waals surface area (Å²) in [6.07, 6.45) is 0. The van der Waals surface area contributed by atoms with Crippen molar-refractivity contribution in [2.45, 2.75) is 5.34 Å². The van der Waals surface area contributed by atoms with Crippen LogP contribution in [-0.4, -0.2) is 18.1 Å². The summed E-state index contributed by atoms with van der Waals surface area (Å²) >= 11 is 5.92. The van der Waals surface area contributed by atoms with Gasteiger partial charge in [0, 0.05) is 12.7 Å². The number of alkyl halides is 1. The minimum absolute atomic E-state index is 0.286. The first-order chi connectivity index (χ1) is 10.6. The van der Waals surface area contributed by atoms with Gasteiger partial charge in [0.05, 0.1) is 5.88 Å². The molecule has 0 bridgehead atoms. The first-order valence-electron chi connectivity index (χ1n) is 6.64. The largest absolute Gasteiger partial charge is 0.373 e. The van der Waals surface area contributed by atoms with Crippen LogP contribution in [0.5, 0.6) is 0 Å². The van der Waals surface area contributed by atoms with E-state index in [2.05, 4.69) is 11.6 Å². The molecule has 0 aliphatic rings. The van der Waals surface area contributed by atoms with Crippen molar-refractivity contribution in [2.24, 2.45) is 0 Å². The molecular formula is C17H16ClO3P. The van der Waals surface area contributed by atoms with Crippen LogP contribution >= 0.6 is 19.0 Å². The van der Waals surface area contributed by atoms with Crippen LogP contribution in [0, 0.1) is 11.6 Å². The van der Waals surface area contributed by atoms with E-state index in [1.54, 1.807) is 42.5 Å². The van der Waals surface area contributed by atoms with Crippen molar-refractivity contribution in [1.29, 1.82) is 0 Å². The first kappa shape index (κ1) is 16.8. The number of hydrogen-bond acceptors (Lipinski definition) is 3. The standard InChI is InChI=1S/C17H16ClO3P/c1-21-22(20,13-12-15-8-4-2-5-9-15)17(19,14-18)16-10-6-3-7-11-16/h2-11,19H,14H2,1H3/t17-,22-/m0/s1. The summed E-state index contributed by atoms with van der Waals surface area (Å²) in [4.78, 5) is 0. The molecule has 0 amide bonds. The topological polar surface area (TPSA) is 46.5 Å². The Morgan fingerprint density at radius 1 is 1.14 bits per heavy atom. The molecule has 2 rings (SSSR count). The first-order valence-corrected chi connectivity index (χ1v) is 8.80. The summed E-state index contributed by atoms with van der Waals surface area (Å²) in [5, 5.41) is 9.01. The lowest BCUT2D eigenvalue weighted by Gasteiger charge is -2.30. The van der Waals surface area contributed by atoms with Gasteiger partial charge in [-0.25, -0.2) is 0 Å². The minimum Gasteiger partial charge on any atom is -0.373 e. The van der Waals surface area contributed by atoms with Crippen LogP contribution in [0.15, 0.2) is 60.7 Å². The lowest BCUT2D eigenvalue weighted by Crippen LogP contribution is -2.28. The van der Waals surface area contributed by atoms with Crippen LogP contribution in [-0.2, 0) is 14.4 Å². The van der Waals surface area contributed by atoms with Crippen molar-refractivity contribution in [3.8, 4) is 11.6 Å². The summed E-state index contributed by atoms with van der Waals surface area (Å²) < 4.78 is 18.2. The second-order valence-electron chi connectivity index (χ2n) is 4.65. The second-order valence-corrected chi connectivity index (χ2v) is 7.35. The lowest BCUT2D eigenvalue weighted by atomic mass is 10.1. The van der Waals surface area contributed by atoms with E-state index < -0.39 is 12.7 Å². The van der Waals surface area contributed by atoms with Gasteiger partial charge in [-0.2, -0.15) is 0 Å². The molecule has 22 heavy (non-hydrogen) atoms. The van der Waals surface area contributed by atoms with Gasteiger partial charge < -0.3 is 9.63 Å². The van der Waals surface area contributed by atoms with E-state index in [-0.39, 0.29) is 5.88 Å². The monoisotopic (exact) mass is 334 g/mol. The summed E-state index contributed by atoms with van der Waals surface area (Å²) in [5.41, 5.74) is 3.70. The van der Waals surface area contributed by atoms with Gasteiger partial charge in [-0.05, 0) is 23.4 Å². The van der Waals surface area contributed by atoms with E-state index in [9.17, 15) is 9.67 Å². The molecule has 5 heteroatoms. The van der Waals surface area contributed by atoms with Crippen LogP contribution in [0.2, 0.25) is 0 Å². The molecule has 0 fully saturated rings. The molecule has 0 aliphatic heterocycles. The fraction of sp³-hybridized carbons (Fsp3) is 0.176. The maximum absolute atomic E-state index is 13.1. The molecular weight excluding hydrogens is 319 g/mol. The van der Waals surface area contributed by atoms with Crippen molar-refractivity contribution >= 4 is 19.0 Å². The zero-order chi connectivity index (χ0) is 16.1. The third kappa shape index (κ3) is 3.27. The molecule has 0 saturated carbocycles. The molecule has 1 N–H and O–H groups in total. The third-order valence-corrected chi connectivity index (χ3v) is 6.17. The Morgan fingerprint density at radius 3 is 2.18 bits per heavy atom. The number of hydrogen-bond donors (Lipinski definition) is 1. The van der Waals surface area contributed by atoms with Gasteiger partial charge in [0.1, 0.15) is 0 Å². The maximum Gasteiger partial charge on any atom is 0.310 e. The van der Waals surface area contributed by atoms with Gasteiger partial charge >= 0.3 is 7.37 Å². The van der Waals surface area contributed by atoms with E-state index in [0.717, 1.165) is 0 Å². The number of aliphatic hydroxyl groups is 1. The molecule has 2 aromatic rings. The zero-order valence-electron chi connectivity index (χ0n) is 12.1. The molecule has 0 saturated heterocycles. The van der Waals surface area contributed by atoms with Crippen LogP contribution in [0.1, 0.15) is 11.1 Å². The van der Waals surface area contributed by atoms with Crippen LogP contribution in [0.25, 0.3) is 0 Å². The Labute approximate surface area is 135 Å². The molecule has 3 nitrogen and oxygen atoms in total. The molecule has 2 aromatic carbocycles. The molecule has 0 aromatic heterocycles. The Balaban J connectivity index is 2.48. The van der Waals surface area contributed by atoms with Crippen LogP contribution < -0.4 is 0 Å². The normalized spacial score (nSPS) is 16.0. The van der Waals surface area contributed by atoms with Gasteiger partial charge in [0.25, 0.3) is 0 Å². The van der Waals surface area contributed by atoms with Gasteiger partial charge in [0.15, 0.2) is 5.34 Å². The predicted molar refractivity (Wildman–Crippen MR) is 89.0 cm³/mol. The average Bonchev–Trinajstić information content (AvgIpc) is 2.60. The Morgan fingerprint density at radius 2 is 1.68 bits per heavy atom. The zero-order valence-corrected chi connectivity index (χ0v) is 13.7. The fourth-order valence-corrected chi connectivity index (χ4v) is 4.11.